The maximum absolute atomic E-state index is 5.74. The molecule has 4 rings (SSSR count). The molecule has 2 aromatic carbocycles. The summed E-state index contributed by atoms with van der Waals surface area (Å²) in [6.45, 7) is 5.34. The molecule has 28 heavy (non-hydrogen) atoms. The molecule has 1 saturated heterocycles. The molecule has 0 saturated carbocycles. The first-order valence-corrected chi connectivity index (χ1v) is 10.2. The molecule has 1 aromatic heterocycles. The van der Waals surface area contributed by atoms with Crippen LogP contribution >= 0.6 is 11.8 Å². The Labute approximate surface area is 169 Å². The highest BCUT2D eigenvalue weighted by Crippen LogP contribution is 2.27. The minimum atomic E-state index is 0.593. The standard InChI is InChI=1S/C21H24N6S/c22-17-3-7-19(8-4-17)28-20-9-10-24-21(26-20)25-18-5-1-16(2-6-18)15-27-13-11-23-12-14-27/h1-10,23H,11-15,22H2,(H,24,25,26). The lowest BCUT2D eigenvalue weighted by molar-refractivity contribution is 0.233. The van der Waals surface area contributed by atoms with Crippen molar-refractivity contribution in [1.29, 1.82) is 0 Å². The van der Waals surface area contributed by atoms with Gasteiger partial charge in [0.1, 0.15) is 5.03 Å². The fourth-order valence-electron chi connectivity index (χ4n) is 3.07. The number of piperazine rings is 1. The van der Waals surface area contributed by atoms with E-state index in [1.807, 2.05) is 30.3 Å². The number of aromatic nitrogens is 2. The van der Waals surface area contributed by atoms with E-state index in [1.54, 1.807) is 18.0 Å². The molecule has 0 spiro atoms. The zero-order valence-electron chi connectivity index (χ0n) is 15.6. The maximum Gasteiger partial charge on any atom is 0.228 e. The van der Waals surface area contributed by atoms with E-state index in [2.05, 4.69) is 49.8 Å². The van der Waals surface area contributed by atoms with Crippen molar-refractivity contribution in [3.63, 3.8) is 0 Å². The SMILES string of the molecule is Nc1ccc(Sc2ccnc(Nc3ccc(CN4CCNCC4)cc3)n2)cc1. The van der Waals surface area contributed by atoms with E-state index in [4.69, 9.17) is 5.73 Å². The number of anilines is 3. The van der Waals surface area contributed by atoms with Crippen LogP contribution in [0.2, 0.25) is 0 Å². The van der Waals surface area contributed by atoms with Gasteiger partial charge in [0.2, 0.25) is 5.95 Å². The number of benzene rings is 2. The van der Waals surface area contributed by atoms with Crippen molar-refractivity contribution in [2.75, 3.05) is 37.2 Å². The van der Waals surface area contributed by atoms with Gasteiger partial charge in [-0.15, -0.1) is 0 Å². The minimum Gasteiger partial charge on any atom is -0.399 e. The van der Waals surface area contributed by atoms with Gasteiger partial charge in [0.15, 0.2) is 0 Å². The van der Waals surface area contributed by atoms with E-state index >= 15 is 0 Å². The lowest BCUT2D eigenvalue weighted by Gasteiger charge is -2.27. The molecular formula is C21H24N6S. The Morgan fingerprint density at radius 1 is 1.00 bits per heavy atom. The van der Waals surface area contributed by atoms with Crippen LogP contribution < -0.4 is 16.4 Å². The molecule has 4 N–H and O–H groups in total. The molecule has 1 fully saturated rings. The van der Waals surface area contributed by atoms with E-state index in [-0.39, 0.29) is 0 Å². The van der Waals surface area contributed by atoms with Gasteiger partial charge in [-0.2, -0.15) is 0 Å². The van der Waals surface area contributed by atoms with Gasteiger partial charge in [-0.05, 0) is 48.0 Å². The van der Waals surface area contributed by atoms with Gasteiger partial charge in [0, 0.05) is 55.2 Å². The van der Waals surface area contributed by atoms with Crippen molar-refractivity contribution in [3.8, 4) is 0 Å². The van der Waals surface area contributed by atoms with Crippen molar-refractivity contribution >= 4 is 29.1 Å². The summed E-state index contributed by atoms with van der Waals surface area (Å²) in [4.78, 5) is 12.5. The third-order valence-corrected chi connectivity index (χ3v) is 5.50. The highest BCUT2D eigenvalue weighted by atomic mass is 32.2. The summed E-state index contributed by atoms with van der Waals surface area (Å²) in [5.41, 5.74) is 8.81. The third kappa shape index (κ3) is 5.22. The highest BCUT2D eigenvalue weighted by molar-refractivity contribution is 7.99. The lowest BCUT2D eigenvalue weighted by atomic mass is 10.2. The largest absolute Gasteiger partial charge is 0.399 e. The van der Waals surface area contributed by atoms with Gasteiger partial charge in [0.25, 0.3) is 0 Å². The summed E-state index contributed by atoms with van der Waals surface area (Å²) in [6, 6.07) is 18.2. The second-order valence-corrected chi connectivity index (χ2v) is 7.83. The number of nitrogens with one attached hydrogen (secondary N) is 2. The van der Waals surface area contributed by atoms with Gasteiger partial charge in [-0.25, -0.2) is 9.97 Å². The van der Waals surface area contributed by atoms with E-state index < -0.39 is 0 Å². The first-order valence-electron chi connectivity index (χ1n) is 9.40. The van der Waals surface area contributed by atoms with Gasteiger partial charge in [-0.1, -0.05) is 23.9 Å². The normalized spacial score (nSPS) is 14.7. The number of hydrogen-bond acceptors (Lipinski definition) is 7. The predicted octanol–water partition coefficient (Wildman–Crippen LogP) is 3.36. The number of rotatable bonds is 6. The fraction of sp³-hybridized carbons (Fsp3) is 0.238. The third-order valence-electron chi connectivity index (χ3n) is 4.56. The Balaban J connectivity index is 1.37. The molecule has 0 bridgehead atoms. The maximum atomic E-state index is 5.74. The molecule has 144 valence electrons. The Morgan fingerprint density at radius 3 is 2.50 bits per heavy atom. The molecule has 0 radical (unpaired) electrons. The molecule has 0 aliphatic carbocycles. The van der Waals surface area contributed by atoms with Crippen molar-refractivity contribution in [2.24, 2.45) is 0 Å². The van der Waals surface area contributed by atoms with Crippen LogP contribution in [0, 0.1) is 0 Å². The zero-order valence-corrected chi connectivity index (χ0v) is 16.5. The Morgan fingerprint density at radius 2 is 1.75 bits per heavy atom. The van der Waals surface area contributed by atoms with Crippen molar-refractivity contribution < 1.29 is 0 Å². The number of nitrogen functional groups attached to an aromatic ring is 1. The van der Waals surface area contributed by atoms with Crippen LogP contribution in [0.25, 0.3) is 0 Å². The average molecular weight is 393 g/mol. The predicted molar refractivity (Wildman–Crippen MR) is 115 cm³/mol. The van der Waals surface area contributed by atoms with Crippen LogP contribution in [0.1, 0.15) is 5.56 Å². The van der Waals surface area contributed by atoms with Gasteiger partial charge >= 0.3 is 0 Å². The van der Waals surface area contributed by atoms with Crippen LogP contribution in [-0.2, 0) is 6.54 Å². The second-order valence-electron chi connectivity index (χ2n) is 6.74. The Hall–Kier alpha value is -2.61. The summed E-state index contributed by atoms with van der Waals surface area (Å²) < 4.78 is 0. The summed E-state index contributed by atoms with van der Waals surface area (Å²) in [5.74, 6) is 0.593. The molecule has 0 atom stereocenters. The van der Waals surface area contributed by atoms with Crippen LogP contribution in [-0.4, -0.2) is 41.0 Å². The van der Waals surface area contributed by atoms with Crippen LogP contribution in [0.5, 0.6) is 0 Å². The monoisotopic (exact) mass is 392 g/mol. The molecule has 7 heteroatoms. The molecular weight excluding hydrogens is 368 g/mol. The average Bonchev–Trinajstić information content (AvgIpc) is 2.72. The topological polar surface area (TPSA) is 79.1 Å². The van der Waals surface area contributed by atoms with Crippen molar-refractivity contribution in [1.82, 2.24) is 20.2 Å². The van der Waals surface area contributed by atoms with Crippen molar-refractivity contribution in [3.05, 3.63) is 66.4 Å². The molecule has 0 amide bonds. The van der Waals surface area contributed by atoms with Crippen LogP contribution in [0.3, 0.4) is 0 Å². The fourth-order valence-corrected chi connectivity index (χ4v) is 3.84. The minimum absolute atomic E-state index is 0.593. The van der Waals surface area contributed by atoms with Gasteiger partial charge in [0.05, 0.1) is 0 Å². The molecule has 6 nitrogen and oxygen atoms in total. The quantitative estimate of drug-likeness (QED) is 0.438. The Bertz CT molecular complexity index is 892. The number of hydrogen-bond donors (Lipinski definition) is 3. The molecule has 1 aliphatic heterocycles. The van der Waals surface area contributed by atoms with E-state index in [0.717, 1.165) is 54.0 Å². The summed E-state index contributed by atoms with van der Waals surface area (Å²) in [6.07, 6.45) is 1.77. The summed E-state index contributed by atoms with van der Waals surface area (Å²) in [5, 5.41) is 7.56. The first-order chi connectivity index (χ1) is 13.7. The lowest BCUT2D eigenvalue weighted by Crippen LogP contribution is -2.42. The summed E-state index contributed by atoms with van der Waals surface area (Å²) in [7, 11) is 0. The van der Waals surface area contributed by atoms with Crippen LogP contribution in [0.4, 0.5) is 17.3 Å². The smallest absolute Gasteiger partial charge is 0.228 e. The number of nitrogens with zero attached hydrogens (tertiary/aromatic N) is 3. The number of nitrogens with two attached hydrogens (primary N) is 1. The second kappa shape index (κ2) is 9.05. The van der Waals surface area contributed by atoms with E-state index in [9.17, 15) is 0 Å². The molecule has 3 aromatic rings. The Kier molecular flexibility index (Phi) is 6.06. The van der Waals surface area contributed by atoms with Gasteiger partial charge < -0.3 is 16.4 Å². The van der Waals surface area contributed by atoms with Crippen molar-refractivity contribution in [2.45, 2.75) is 16.5 Å². The zero-order chi connectivity index (χ0) is 19.2. The van der Waals surface area contributed by atoms with Crippen LogP contribution in [0.15, 0.2) is 70.7 Å². The highest BCUT2D eigenvalue weighted by Gasteiger charge is 2.10. The van der Waals surface area contributed by atoms with E-state index in [1.165, 1.54) is 5.56 Å². The molecule has 1 aliphatic rings. The summed E-state index contributed by atoms with van der Waals surface area (Å²) >= 11 is 1.59. The van der Waals surface area contributed by atoms with E-state index in [0.29, 0.717) is 5.95 Å². The molecule has 2 heterocycles. The first kappa shape index (κ1) is 18.7. The molecule has 0 unspecified atom stereocenters. The van der Waals surface area contributed by atoms with Gasteiger partial charge in [-0.3, -0.25) is 4.90 Å².